The van der Waals surface area contributed by atoms with Crippen molar-refractivity contribution < 1.29 is 49.4 Å². The Hall–Kier alpha value is 0.605. The third kappa shape index (κ3) is 1.68. The van der Waals surface area contributed by atoms with E-state index in [0.29, 0.717) is 26.1 Å². The molecule has 0 aromatic rings. The Bertz CT molecular complexity index is 175. The van der Waals surface area contributed by atoms with Crippen molar-refractivity contribution in [3.8, 4) is 6.07 Å². The Morgan fingerprint density at radius 1 is 1.27 bits per heavy atom. The van der Waals surface area contributed by atoms with Crippen molar-refractivity contribution in [1.29, 1.82) is 5.26 Å². The zero-order valence-corrected chi connectivity index (χ0v) is 8.21. The van der Waals surface area contributed by atoms with Crippen molar-refractivity contribution in [3.05, 3.63) is 5.92 Å². The Labute approximate surface area is 97.7 Å². The van der Waals surface area contributed by atoms with Crippen molar-refractivity contribution >= 4 is 0 Å². The second-order valence-corrected chi connectivity index (χ2v) is 2.68. The molecule has 0 N–H and O–H groups in total. The van der Waals surface area contributed by atoms with Gasteiger partial charge >= 0.3 is 0 Å². The summed E-state index contributed by atoms with van der Waals surface area (Å²) in [6.45, 7) is 1.36. The number of hydrogen-bond acceptors (Lipinski definition) is 3. The zero-order valence-electron chi connectivity index (χ0n) is 5.95. The van der Waals surface area contributed by atoms with Gasteiger partial charge in [0.05, 0.1) is 13.2 Å². The molecule has 2 rings (SSSR count). The summed E-state index contributed by atoms with van der Waals surface area (Å²) in [5.74, 6) is 0.521. The van der Waals surface area contributed by atoms with Crippen LogP contribution in [0.1, 0.15) is 12.8 Å². The number of rotatable bonds is 0. The van der Waals surface area contributed by atoms with Gasteiger partial charge in [0.15, 0.2) is 0 Å². The molecule has 3 nitrogen and oxygen atoms in total. The average Bonchev–Trinajstić information content (AvgIpc) is 2.30. The summed E-state index contributed by atoms with van der Waals surface area (Å²) in [5, 5.41) is 8.43. The average molecular weight is 295 g/mol. The fourth-order valence-electron chi connectivity index (χ4n) is 1.38. The molecule has 0 radical (unpaired) electrons. The van der Waals surface area contributed by atoms with Crippen LogP contribution in [0.25, 0.3) is 0 Å². The van der Waals surface area contributed by atoms with Crippen LogP contribution in [-0.2, 0) is 9.47 Å². The molecule has 1 spiro atoms. The molecule has 0 amide bonds. The summed E-state index contributed by atoms with van der Waals surface area (Å²) >= 11 is 0. The molecular weight excluding hydrogens is 287 g/mol. The molecule has 1 aliphatic carbocycles. The predicted octanol–water partition coefficient (Wildman–Crippen LogP) is 0.621. The molecule has 0 unspecified atom stereocenters. The largest absolute Gasteiger partial charge is 0.353 e. The topological polar surface area (TPSA) is 42.2 Å². The summed E-state index contributed by atoms with van der Waals surface area (Å²) in [6.07, 6.45) is 1.37. The Kier molecular flexibility index (Phi) is 3.13. The third-order valence-electron chi connectivity index (χ3n) is 1.94. The molecule has 0 bridgehead atoms. The molecule has 1 heterocycles. The summed E-state index contributed by atoms with van der Waals surface area (Å²) in [6, 6.07) is 2.11. The maximum atomic E-state index is 8.43. The number of nitriles is 1. The standard InChI is InChI=1S/C7H8NO2.Gd/c8-5-6-3-7(4-6)9-1-2-10-7;/h1-4H2;/q-1;. The molecule has 1 aliphatic heterocycles. The summed E-state index contributed by atoms with van der Waals surface area (Å²) < 4.78 is 10.6. The van der Waals surface area contributed by atoms with Gasteiger partial charge in [0.2, 0.25) is 0 Å². The molecule has 62 valence electrons. The van der Waals surface area contributed by atoms with E-state index in [1.54, 1.807) is 0 Å². The predicted molar refractivity (Wildman–Crippen MR) is 32.7 cm³/mol. The van der Waals surface area contributed by atoms with Crippen molar-refractivity contribution in [3.63, 3.8) is 0 Å². The van der Waals surface area contributed by atoms with Gasteiger partial charge in [-0.2, -0.15) is 0 Å². The van der Waals surface area contributed by atoms with Crippen molar-refractivity contribution in [2.24, 2.45) is 0 Å². The normalized spacial score (nSPS) is 25.5. The van der Waals surface area contributed by atoms with E-state index in [2.05, 4.69) is 6.07 Å². The van der Waals surface area contributed by atoms with Gasteiger partial charge in [-0.1, -0.05) is 0 Å². The van der Waals surface area contributed by atoms with Gasteiger partial charge in [-0.05, 0) is 0 Å². The van der Waals surface area contributed by atoms with Gasteiger partial charge in [0.25, 0.3) is 0 Å². The van der Waals surface area contributed by atoms with E-state index in [0.717, 1.165) is 5.92 Å². The van der Waals surface area contributed by atoms with Crippen LogP contribution >= 0.6 is 0 Å². The Morgan fingerprint density at radius 3 is 2.27 bits per heavy atom. The quantitative estimate of drug-likeness (QED) is 0.615. The van der Waals surface area contributed by atoms with Crippen molar-refractivity contribution in [1.82, 2.24) is 0 Å². The number of hydrogen-bond donors (Lipinski definition) is 0. The molecule has 2 fully saturated rings. The molecule has 11 heavy (non-hydrogen) atoms. The molecular formula is C7H8GdNO2-. The fourth-order valence-corrected chi connectivity index (χ4v) is 1.38. The van der Waals surface area contributed by atoms with Crippen LogP contribution in [0.2, 0.25) is 0 Å². The van der Waals surface area contributed by atoms with Crippen LogP contribution in [0.15, 0.2) is 0 Å². The van der Waals surface area contributed by atoms with E-state index in [9.17, 15) is 0 Å². The van der Waals surface area contributed by atoms with E-state index < -0.39 is 0 Å². The van der Waals surface area contributed by atoms with Crippen LogP contribution < -0.4 is 0 Å². The molecule has 4 heteroatoms. The summed E-state index contributed by atoms with van der Waals surface area (Å²) in [4.78, 5) is 0. The van der Waals surface area contributed by atoms with E-state index >= 15 is 0 Å². The van der Waals surface area contributed by atoms with Gasteiger partial charge < -0.3 is 9.47 Å². The molecule has 2 aliphatic rings. The monoisotopic (exact) mass is 296 g/mol. The van der Waals surface area contributed by atoms with E-state index in [-0.39, 0.29) is 45.7 Å². The first-order valence-electron chi connectivity index (χ1n) is 3.37. The number of nitrogens with zero attached hydrogens (tertiary/aromatic N) is 1. The van der Waals surface area contributed by atoms with Crippen molar-refractivity contribution in [2.75, 3.05) is 13.2 Å². The Balaban J connectivity index is 0.000000605. The molecule has 1 saturated carbocycles. The van der Waals surface area contributed by atoms with Gasteiger partial charge in [-0.15, -0.1) is 18.9 Å². The summed E-state index contributed by atoms with van der Waals surface area (Å²) in [7, 11) is 0. The van der Waals surface area contributed by atoms with E-state index in [1.165, 1.54) is 0 Å². The Morgan fingerprint density at radius 2 is 1.82 bits per heavy atom. The first kappa shape index (κ1) is 9.69. The first-order chi connectivity index (χ1) is 4.85. The van der Waals surface area contributed by atoms with E-state index in [1.807, 2.05) is 0 Å². The maximum Gasteiger partial charge on any atom is 0.121 e. The van der Waals surface area contributed by atoms with Gasteiger partial charge in [0, 0.05) is 39.9 Å². The van der Waals surface area contributed by atoms with Crippen LogP contribution in [-0.4, -0.2) is 19.0 Å². The molecule has 0 aromatic carbocycles. The maximum absolute atomic E-state index is 8.43. The second kappa shape index (κ2) is 3.55. The molecule has 1 saturated heterocycles. The van der Waals surface area contributed by atoms with Crippen LogP contribution in [0.4, 0.5) is 0 Å². The smallest absolute Gasteiger partial charge is 0.121 e. The van der Waals surface area contributed by atoms with Gasteiger partial charge in [-0.3, -0.25) is 5.92 Å². The number of ether oxygens (including phenoxy) is 2. The minimum Gasteiger partial charge on any atom is -0.353 e. The fraction of sp³-hybridized carbons (Fsp3) is 0.714. The van der Waals surface area contributed by atoms with E-state index in [4.69, 9.17) is 14.7 Å². The first-order valence-corrected chi connectivity index (χ1v) is 3.37. The van der Waals surface area contributed by atoms with Crippen LogP contribution in [0, 0.1) is 57.2 Å². The molecule has 0 atom stereocenters. The minimum absolute atomic E-state index is 0. The van der Waals surface area contributed by atoms with Crippen molar-refractivity contribution in [2.45, 2.75) is 18.6 Å². The van der Waals surface area contributed by atoms with Gasteiger partial charge in [-0.25, -0.2) is 5.26 Å². The molecule has 0 aromatic heterocycles. The minimum atomic E-state index is -0.370. The second-order valence-electron chi connectivity index (χ2n) is 2.68. The third-order valence-corrected chi connectivity index (χ3v) is 1.94. The SMILES string of the molecule is N#C[C-]1CC2(C1)OCCO2.[Gd]. The summed E-state index contributed by atoms with van der Waals surface area (Å²) in [5.41, 5.74) is 0. The zero-order chi connectivity index (χ0) is 7.03. The van der Waals surface area contributed by atoms with Gasteiger partial charge in [0.1, 0.15) is 5.79 Å². The van der Waals surface area contributed by atoms with Crippen LogP contribution in [0.5, 0.6) is 0 Å². The van der Waals surface area contributed by atoms with Crippen LogP contribution in [0.3, 0.4) is 0 Å².